The Kier molecular flexibility index (Phi) is 4.16. The van der Waals surface area contributed by atoms with E-state index in [2.05, 4.69) is 21.0 Å². The van der Waals surface area contributed by atoms with Crippen molar-refractivity contribution in [2.75, 3.05) is 7.11 Å². The fourth-order valence-corrected chi connectivity index (χ4v) is 2.02. The van der Waals surface area contributed by atoms with Crippen LogP contribution in [0.15, 0.2) is 41.1 Å². The first-order chi connectivity index (χ1) is 9.10. The van der Waals surface area contributed by atoms with Gasteiger partial charge in [-0.25, -0.2) is 0 Å². The zero-order valence-corrected chi connectivity index (χ0v) is 12.2. The molecule has 0 bridgehead atoms. The first-order valence-electron chi connectivity index (χ1n) is 5.65. The van der Waals surface area contributed by atoms with E-state index < -0.39 is 0 Å². The Morgan fingerprint density at radius 3 is 2.89 bits per heavy atom. The largest absolute Gasteiger partial charge is 0.496 e. The number of halogens is 1. The van der Waals surface area contributed by atoms with Crippen LogP contribution in [0.5, 0.6) is 5.75 Å². The molecular weight excluding hydrogens is 308 g/mol. The molecule has 1 aromatic heterocycles. The fraction of sp³-hybridized carbons (Fsp3) is 0.143. The highest BCUT2D eigenvalue weighted by Crippen LogP contribution is 2.24. The Morgan fingerprint density at radius 2 is 2.26 bits per heavy atom. The Labute approximate surface area is 119 Å². The highest BCUT2D eigenvalue weighted by atomic mass is 79.9. The van der Waals surface area contributed by atoms with Crippen LogP contribution in [0.3, 0.4) is 0 Å². The number of hydrogen-bond acceptors (Lipinski definition) is 3. The van der Waals surface area contributed by atoms with Gasteiger partial charge in [-0.1, -0.05) is 15.9 Å². The molecule has 0 aliphatic heterocycles. The van der Waals surface area contributed by atoms with Crippen LogP contribution < -0.4 is 4.74 Å². The average molecular weight is 321 g/mol. The van der Waals surface area contributed by atoms with Gasteiger partial charge in [-0.2, -0.15) is 5.10 Å². The van der Waals surface area contributed by atoms with Crippen molar-refractivity contribution >= 4 is 27.8 Å². The van der Waals surface area contributed by atoms with E-state index in [0.29, 0.717) is 5.56 Å². The number of ketones is 1. The molecule has 0 aliphatic carbocycles. The molecule has 0 atom stereocenters. The zero-order chi connectivity index (χ0) is 13.8. The quantitative estimate of drug-likeness (QED) is 0.642. The lowest BCUT2D eigenvalue weighted by atomic mass is 10.1. The molecule has 4 nitrogen and oxygen atoms in total. The van der Waals surface area contributed by atoms with Crippen LogP contribution in [0.25, 0.3) is 6.08 Å². The third-order valence-corrected chi connectivity index (χ3v) is 3.09. The summed E-state index contributed by atoms with van der Waals surface area (Å²) in [5.41, 5.74) is 1.40. The van der Waals surface area contributed by atoms with Crippen molar-refractivity contribution in [3.05, 3.63) is 52.3 Å². The average Bonchev–Trinajstić information content (AvgIpc) is 2.83. The van der Waals surface area contributed by atoms with Gasteiger partial charge in [0, 0.05) is 23.3 Å². The third-order valence-electron chi connectivity index (χ3n) is 2.60. The standard InChI is InChI=1S/C14H13BrN2O2/c1-17-9-11(8-16-17)13(18)5-3-10-7-12(15)4-6-14(10)19-2/h3-9H,1-2H3. The van der Waals surface area contributed by atoms with Gasteiger partial charge in [0.25, 0.3) is 0 Å². The van der Waals surface area contributed by atoms with Gasteiger partial charge in [-0.3, -0.25) is 9.48 Å². The molecule has 0 radical (unpaired) electrons. The summed E-state index contributed by atoms with van der Waals surface area (Å²) in [7, 11) is 3.38. The first kappa shape index (κ1) is 13.5. The molecule has 0 amide bonds. The molecule has 1 aromatic carbocycles. The van der Waals surface area contributed by atoms with Crippen LogP contribution in [0.1, 0.15) is 15.9 Å². The van der Waals surface area contributed by atoms with Gasteiger partial charge in [-0.15, -0.1) is 0 Å². The predicted octanol–water partition coefficient (Wildman–Crippen LogP) is 3.09. The van der Waals surface area contributed by atoms with Gasteiger partial charge in [0.1, 0.15) is 5.75 Å². The van der Waals surface area contributed by atoms with Crippen LogP contribution in [0.4, 0.5) is 0 Å². The number of methoxy groups -OCH3 is 1. The summed E-state index contributed by atoms with van der Waals surface area (Å²) in [6.07, 6.45) is 6.48. The summed E-state index contributed by atoms with van der Waals surface area (Å²) < 4.78 is 7.77. The van der Waals surface area contributed by atoms with Crippen molar-refractivity contribution in [2.24, 2.45) is 7.05 Å². The van der Waals surface area contributed by atoms with Gasteiger partial charge in [-0.05, 0) is 30.4 Å². The summed E-state index contributed by atoms with van der Waals surface area (Å²) in [4.78, 5) is 11.9. The van der Waals surface area contributed by atoms with Crippen LogP contribution in [0, 0.1) is 0 Å². The summed E-state index contributed by atoms with van der Waals surface area (Å²) >= 11 is 3.39. The fourth-order valence-electron chi connectivity index (χ4n) is 1.65. The molecule has 0 saturated carbocycles. The number of rotatable bonds is 4. The van der Waals surface area contributed by atoms with Crippen LogP contribution in [-0.4, -0.2) is 22.7 Å². The minimum absolute atomic E-state index is 0.0878. The molecule has 5 heteroatoms. The van der Waals surface area contributed by atoms with E-state index in [4.69, 9.17) is 4.74 Å². The molecule has 0 N–H and O–H groups in total. The van der Waals surface area contributed by atoms with Gasteiger partial charge >= 0.3 is 0 Å². The number of aromatic nitrogens is 2. The van der Waals surface area contributed by atoms with Crippen LogP contribution in [0.2, 0.25) is 0 Å². The predicted molar refractivity (Wildman–Crippen MR) is 77.3 cm³/mol. The smallest absolute Gasteiger partial charge is 0.189 e. The number of allylic oxidation sites excluding steroid dienone is 1. The molecule has 0 unspecified atom stereocenters. The van der Waals surface area contributed by atoms with Gasteiger partial charge in [0.15, 0.2) is 5.78 Å². The second kappa shape index (κ2) is 5.84. The Bertz CT molecular complexity index is 632. The molecule has 98 valence electrons. The van der Waals surface area contributed by atoms with E-state index in [0.717, 1.165) is 15.8 Å². The monoisotopic (exact) mass is 320 g/mol. The number of aryl methyl sites for hydroxylation is 1. The van der Waals surface area contributed by atoms with Gasteiger partial charge in [0.2, 0.25) is 0 Å². The Balaban J connectivity index is 2.23. The number of hydrogen-bond donors (Lipinski definition) is 0. The van der Waals surface area contributed by atoms with E-state index in [1.807, 2.05) is 18.2 Å². The van der Waals surface area contributed by atoms with E-state index in [9.17, 15) is 4.79 Å². The molecule has 0 fully saturated rings. The lowest BCUT2D eigenvalue weighted by Crippen LogP contribution is -1.92. The summed E-state index contributed by atoms with van der Waals surface area (Å²) in [5, 5.41) is 3.97. The highest BCUT2D eigenvalue weighted by molar-refractivity contribution is 9.10. The topological polar surface area (TPSA) is 44.1 Å². The normalized spacial score (nSPS) is 10.9. The molecule has 0 aliphatic rings. The van der Waals surface area contributed by atoms with Gasteiger partial charge < -0.3 is 4.74 Å². The SMILES string of the molecule is COc1ccc(Br)cc1C=CC(=O)c1cnn(C)c1. The second-order valence-electron chi connectivity index (χ2n) is 3.99. The van der Waals surface area contributed by atoms with Crippen molar-refractivity contribution < 1.29 is 9.53 Å². The maximum Gasteiger partial charge on any atom is 0.189 e. The third kappa shape index (κ3) is 3.32. The van der Waals surface area contributed by atoms with Crippen molar-refractivity contribution in [1.82, 2.24) is 9.78 Å². The highest BCUT2D eigenvalue weighted by Gasteiger charge is 2.05. The number of ether oxygens (including phenoxy) is 1. The number of carbonyl (C=O) groups excluding carboxylic acids is 1. The van der Waals surface area contributed by atoms with E-state index in [1.54, 1.807) is 37.3 Å². The number of carbonyl (C=O) groups is 1. The molecule has 2 aromatic rings. The molecule has 19 heavy (non-hydrogen) atoms. The van der Waals surface area contributed by atoms with E-state index >= 15 is 0 Å². The maximum absolute atomic E-state index is 11.9. The maximum atomic E-state index is 11.9. The minimum atomic E-state index is -0.0878. The molecule has 0 saturated heterocycles. The molecule has 2 rings (SSSR count). The zero-order valence-electron chi connectivity index (χ0n) is 10.6. The Morgan fingerprint density at radius 1 is 1.47 bits per heavy atom. The van der Waals surface area contributed by atoms with Crippen molar-refractivity contribution in [1.29, 1.82) is 0 Å². The van der Waals surface area contributed by atoms with Crippen LogP contribution >= 0.6 is 15.9 Å². The van der Waals surface area contributed by atoms with E-state index in [1.165, 1.54) is 6.08 Å². The lowest BCUT2D eigenvalue weighted by molar-refractivity contribution is 0.104. The molecule has 0 spiro atoms. The lowest BCUT2D eigenvalue weighted by Gasteiger charge is -2.04. The van der Waals surface area contributed by atoms with Gasteiger partial charge in [0.05, 0.1) is 18.9 Å². The molecule has 1 heterocycles. The summed E-state index contributed by atoms with van der Waals surface area (Å²) in [6.45, 7) is 0. The summed E-state index contributed by atoms with van der Waals surface area (Å²) in [6, 6.07) is 5.63. The number of nitrogens with zero attached hydrogens (tertiary/aromatic N) is 2. The first-order valence-corrected chi connectivity index (χ1v) is 6.44. The second-order valence-corrected chi connectivity index (χ2v) is 4.90. The summed E-state index contributed by atoms with van der Waals surface area (Å²) in [5.74, 6) is 0.633. The molecular formula is C14H13BrN2O2. The van der Waals surface area contributed by atoms with Crippen LogP contribution in [-0.2, 0) is 7.05 Å². The van der Waals surface area contributed by atoms with Crippen molar-refractivity contribution in [2.45, 2.75) is 0 Å². The van der Waals surface area contributed by atoms with E-state index in [-0.39, 0.29) is 5.78 Å². The van der Waals surface area contributed by atoms with Crippen molar-refractivity contribution in [3.63, 3.8) is 0 Å². The Hall–Kier alpha value is -1.88. The number of benzene rings is 1. The van der Waals surface area contributed by atoms with Crippen molar-refractivity contribution in [3.8, 4) is 5.75 Å². The minimum Gasteiger partial charge on any atom is -0.496 e.